The van der Waals surface area contributed by atoms with E-state index in [-0.39, 0.29) is 11.5 Å². The first-order chi connectivity index (χ1) is 12.9. The highest BCUT2D eigenvalue weighted by molar-refractivity contribution is 5.19. The lowest BCUT2D eigenvalue weighted by molar-refractivity contribution is -0.191. The van der Waals surface area contributed by atoms with Gasteiger partial charge < -0.3 is 5.11 Å². The maximum absolute atomic E-state index is 10.5. The quantitative estimate of drug-likeness (QED) is 0.516. The lowest BCUT2D eigenvalue weighted by atomic mass is 9.37. The fraction of sp³-hybridized carbons (Fsp3) is 0.923. The fourth-order valence-corrected chi connectivity index (χ4v) is 10.1. The minimum atomic E-state index is -0.0619. The Morgan fingerprint density at radius 2 is 1.52 bits per heavy atom. The van der Waals surface area contributed by atoms with Crippen molar-refractivity contribution in [2.75, 3.05) is 0 Å². The molecule has 0 bridgehead atoms. The number of rotatable bonds is 0. The molecule has 5 saturated carbocycles. The molecule has 0 heterocycles. The van der Waals surface area contributed by atoms with Gasteiger partial charge in [0.05, 0.1) is 6.10 Å². The smallest absolute Gasteiger partial charge is 0.0568 e. The molecule has 0 amide bonds. The minimum absolute atomic E-state index is 0.0619. The molecule has 27 heavy (non-hydrogen) atoms. The van der Waals surface area contributed by atoms with Gasteiger partial charge in [0.15, 0.2) is 0 Å². The second-order valence-electron chi connectivity index (χ2n) is 11.9. The van der Waals surface area contributed by atoms with Crippen molar-refractivity contribution < 1.29 is 5.11 Å². The molecule has 0 saturated heterocycles. The lowest BCUT2D eigenvalue weighted by Crippen LogP contribution is -2.61. The van der Waals surface area contributed by atoms with Crippen LogP contribution >= 0.6 is 0 Å². The maximum atomic E-state index is 10.5. The van der Waals surface area contributed by atoms with Crippen molar-refractivity contribution in [2.45, 2.75) is 97.5 Å². The zero-order valence-corrected chi connectivity index (χ0v) is 17.8. The molecule has 1 nitrogen and oxygen atoms in total. The Kier molecular flexibility index (Phi) is 4.13. The van der Waals surface area contributed by atoms with Gasteiger partial charge in [0.1, 0.15) is 0 Å². The Labute approximate surface area is 167 Å². The molecule has 0 aromatic heterocycles. The van der Waals surface area contributed by atoms with Gasteiger partial charge in [-0.1, -0.05) is 33.1 Å². The van der Waals surface area contributed by atoms with E-state index in [9.17, 15) is 5.11 Å². The van der Waals surface area contributed by atoms with Crippen molar-refractivity contribution in [2.24, 2.45) is 51.8 Å². The second-order valence-corrected chi connectivity index (χ2v) is 11.9. The Balaban J connectivity index is 1.47. The topological polar surface area (TPSA) is 20.2 Å². The zero-order valence-electron chi connectivity index (χ0n) is 17.8. The van der Waals surface area contributed by atoms with E-state index in [4.69, 9.17) is 6.42 Å². The second kappa shape index (κ2) is 6.01. The standard InChI is InChI=1S/C26H40O/c1-5-26-13-6-7-21(26)18-8-9-23-24(3)15-12-22(27)17(2)19(24)10-14-25(23,4)20(18)11-16-26/h1,17-23,27H,6-16H2,2-4H3. The summed E-state index contributed by atoms with van der Waals surface area (Å²) in [6, 6.07) is 0. The molecule has 10 unspecified atom stereocenters. The van der Waals surface area contributed by atoms with E-state index < -0.39 is 0 Å². The fourth-order valence-electron chi connectivity index (χ4n) is 10.1. The summed E-state index contributed by atoms with van der Waals surface area (Å²) in [5.41, 5.74) is 1.22. The van der Waals surface area contributed by atoms with E-state index in [0.717, 1.165) is 36.0 Å². The summed E-state index contributed by atoms with van der Waals surface area (Å²) < 4.78 is 0. The van der Waals surface area contributed by atoms with E-state index in [1.807, 2.05) is 0 Å². The highest BCUT2D eigenvalue weighted by atomic mass is 16.3. The van der Waals surface area contributed by atoms with E-state index in [2.05, 4.69) is 26.7 Å². The molecule has 0 radical (unpaired) electrons. The van der Waals surface area contributed by atoms with Crippen LogP contribution in [0.5, 0.6) is 0 Å². The third-order valence-electron chi connectivity index (χ3n) is 11.4. The van der Waals surface area contributed by atoms with Crippen LogP contribution < -0.4 is 0 Å². The summed E-state index contributed by atoms with van der Waals surface area (Å²) in [7, 11) is 0. The van der Waals surface area contributed by atoms with Crippen LogP contribution in [0.2, 0.25) is 0 Å². The average Bonchev–Trinajstić information content (AvgIpc) is 3.10. The predicted molar refractivity (Wildman–Crippen MR) is 111 cm³/mol. The molecule has 1 heteroatoms. The molecule has 0 spiro atoms. The summed E-state index contributed by atoms with van der Waals surface area (Å²) in [6.07, 6.45) is 20.7. The molecule has 5 rings (SSSR count). The molecule has 5 fully saturated rings. The highest BCUT2D eigenvalue weighted by Crippen LogP contribution is 2.71. The van der Waals surface area contributed by atoms with Crippen molar-refractivity contribution in [3.05, 3.63) is 0 Å². The van der Waals surface area contributed by atoms with Crippen molar-refractivity contribution in [1.82, 2.24) is 0 Å². The minimum Gasteiger partial charge on any atom is -0.393 e. The van der Waals surface area contributed by atoms with Crippen LogP contribution in [0.3, 0.4) is 0 Å². The number of aliphatic hydroxyl groups is 1. The highest BCUT2D eigenvalue weighted by Gasteiger charge is 2.64. The molecule has 150 valence electrons. The van der Waals surface area contributed by atoms with Crippen molar-refractivity contribution >= 4 is 0 Å². The number of hydrogen-bond acceptors (Lipinski definition) is 1. The van der Waals surface area contributed by atoms with Crippen LogP contribution in [0, 0.1) is 64.1 Å². The van der Waals surface area contributed by atoms with E-state index in [1.54, 1.807) is 0 Å². The number of terminal acetylenes is 1. The van der Waals surface area contributed by atoms with Gasteiger partial charge in [-0.3, -0.25) is 0 Å². The molecule has 0 aromatic rings. The van der Waals surface area contributed by atoms with Crippen molar-refractivity contribution in [3.63, 3.8) is 0 Å². The van der Waals surface area contributed by atoms with Crippen LogP contribution in [0.4, 0.5) is 0 Å². The third-order valence-corrected chi connectivity index (χ3v) is 11.4. The third kappa shape index (κ3) is 2.29. The lowest BCUT2D eigenvalue weighted by Gasteiger charge is -2.67. The largest absolute Gasteiger partial charge is 0.393 e. The van der Waals surface area contributed by atoms with Gasteiger partial charge in [0.25, 0.3) is 0 Å². The summed E-state index contributed by atoms with van der Waals surface area (Å²) in [6.45, 7) is 7.64. The molecule has 10 atom stereocenters. The Hall–Kier alpha value is -0.480. The molecular weight excluding hydrogens is 328 g/mol. The van der Waals surface area contributed by atoms with E-state index in [1.165, 1.54) is 64.2 Å². The van der Waals surface area contributed by atoms with Gasteiger partial charge in [-0.2, -0.15) is 0 Å². The summed E-state index contributed by atoms with van der Waals surface area (Å²) in [5, 5.41) is 10.5. The van der Waals surface area contributed by atoms with Crippen LogP contribution in [-0.4, -0.2) is 11.2 Å². The SMILES string of the molecule is C#CC12CCCC1C1CCC3C4(C)CCC(O)C(C)C4CCC3(C)C1CC2. The van der Waals surface area contributed by atoms with Crippen LogP contribution in [0.1, 0.15) is 91.4 Å². The van der Waals surface area contributed by atoms with Gasteiger partial charge in [-0.25, -0.2) is 0 Å². The van der Waals surface area contributed by atoms with Gasteiger partial charge >= 0.3 is 0 Å². The molecule has 0 aromatic carbocycles. The summed E-state index contributed by atoms with van der Waals surface area (Å²) in [5.74, 6) is 8.03. The van der Waals surface area contributed by atoms with Crippen molar-refractivity contribution in [3.8, 4) is 12.3 Å². The first-order valence-corrected chi connectivity index (χ1v) is 12.0. The molecular formula is C26H40O. The van der Waals surface area contributed by atoms with Crippen LogP contribution in [-0.2, 0) is 0 Å². The Morgan fingerprint density at radius 3 is 2.30 bits per heavy atom. The Bertz CT molecular complexity index is 647. The molecule has 5 aliphatic rings. The van der Waals surface area contributed by atoms with E-state index in [0.29, 0.717) is 16.7 Å². The summed E-state index contributed by atoms with van der Waals surface area (Å²) >= 11 is 0. The van der Waals surface area contributed by atoms with Gasteiger partial charge in [0, 0.05) is 5.41 Å². The van der Waals surface area contributed by atoms with Gasteiger partial charge in [-0.15, -0.1) is 6.42 Å². The van der Waals surface area contributed by atoms with Crippen LogP contribution in [0.15, 0.2) is 0 Å². The van der Waals surface area contributed by atoms with E-state index >= 15 is 0 Å². The first kappa shape index (κ1) is 18.5. The first-order valence-electron chi connectivity index (χ1n) is 12.0. The normalized spacial score (nSPS) is 59.7. The number of fused-ring (bicyclic) bond motifs is 7. The molecule has 1 N–H and O–H groups in total. The number of aliphatic hydroxyl groups excluding tert-OH is 1. The van der Waals surface area contributed by atoms with Crippen LogP contribution in [0.25, 0.3) is 0 Å². The zero-order chi connectivity index (χ0) is 19.0. The Morgan fingerprint density at radius 1 is 0.815 bits per heavy atom. The maximum Gasteiger partial charge on any atom is 0.0568 e. The predicted octanol–water partition coefficient (Wildman–Crippen LogP) is 6.06. The van der Waals surface area contributed by atoms with Crippen molar-refractivity contribution in [1.29, 1.82) is 0 Å². The average molecular weight is 369 g/mol. The number of hydrogen-bond donors (Lipinski definition) is 1. The summed E-state index contributed by atoms with van der Waals surface area (Å²) in [4.78, 5) is 0. The molecule has 0 aliphatic heterocycles. The van der Waals surface area contributed by atoms with Gasteiger partial charge in [0.2, 0.25) is 0 Å². The van der Waals surface area contributed by atoms with Gasteiger partial charge in [-0.05, 0) is 111 Å². The monoisotopic (exact) mass is 368 g/mol. The molecule has 5 aliphatic carbocycles.